The summed E-state index contributed by atoms with van der Waals surface area (Å²) < 4.78 is 5.19. The maximum atomic E-state index is 5.19. The molecular formula is C6H13KO. The molecule has 44 valence electrons. The van der Waals surface area contributed by atoms with E-state index in [1.165, 1.54) is 25.7 Å². The van der Waals surface area contributed by atoms with Gasteiger partial charge in [0.2, 0.25) is 0 Å². The Morgan fingerprint density at radius 2 is 1.38 bits per heavy atom. The van der Waals surface area contributed by atoms with Crippen molar-refractivity contribution in [2.24, 2.45) is 0 Å². The first kappa shape index (κ1) is 9.60. The summed E-state index contributed by atoms with van der Waals surface area (Å²) in [4.78, 5) is 0. The first-order valence-corrected chi connectivity index (χ1v) is 3.08. The molecule has 0 atom stereocenters. The summed E-state index contributed by atoms with van der Waals surface area (Å²) in [5, 5.41) is 0. The molecule has 0 radical (unpaired) electrons. The van der Waals surface area contributed by atoms with Crippen molar-refractivity contribution in [3.63, 3.8) is 0 Å². The number of ether oxygens (including phenoxy) is 1. The van der Waals surface area contributed by atoms with Gasteiger partial charge in [0.25, 0.3) is 0 Å². The molecule has 0 aliphatic carbocycles. The molecule has 0 saturated carbocycles. The largest absolute Gasteiger partial charge is 1.00 e. The Morgan fingerprint density at radius 3 is 1.88 bits per heavy atom. The fourth-order valence-electron chi connectivity index (χ4n) is 0.864. The molecular weight excluding hydrogens is 127 g/mol. The van der Waals surface area contributed by atoms with Crippen LogP contribution >= 0.6 is 0 Å². The maximum absolute atomic E-state index is 5.19. The van der Waals surface area contributed by atoms with Crippen LogP contribution in [-0.2, 0) is 4.74 Å². The summed E-state index contributed by atoms with van der Waals surface area (Å²) in [6, 6.07) is 0. The van der Waals surface area contributed by atoms with Gasteiger partial charge in [-0.15, -0.1) is 0 Å². The molecule has 8 heavy (non-hydrogen) atoms. The van der Waals surface area contributed by atoms with Crippen LogP contribution in [0.3, 0.4) is 0 Å². The molecule has 1 heterocycles. The molecule has 0 bridgehead atoms. The second-order valence-electron chi connectivity index (χ2n) is 2.03. The van der Waals surface area contributed by atoms with E-state index in [1.54, 1.807) is 0 Å². The van der Waals surface area contributed by atoms with Gasteiger partial charge in [-0.05, 0) is 12.8 Å². The van der Waals surface area contributed by atoms with E-state index in [0.717, 1.165) is 13.2 Å². The standard InChI is InChI=1S/C6H12O.K.H/c1-2-4-6-7-5-3-1;;/h1-6H2;;/q;+1;-1. The van der Waals surface area contributed by atoms with Crippen LogP contribution in [-0.4, -0.2) is 13.2 Å². The zero-order valence-corrected chi connectivity index (χ0v) is 8.77. The summed E-state index contributed by atoms with van der Waals surface area (Å²) in [5.41, 5.74) is 0. The molecule has 0 amide bonds. The number of hydrogen-bond donors (Lipinski definition) is 0. The van der Waals surface area contributed by atoms with E-state index in [0.29, 0.717) is 0 Å². The third-order valence-corrected chi connectivity index (χ3v) is 1.33. The molecule has 0 spiro atoms. The average Bonchev–Trinajstić information content (AvgIpc) is 1.90. The molecule has 1 saturated heterocycles. The van der Waals surface area contributed by atoms with Crippen molar-refractivity contribution >= 4 is 0 Å². The Kier molecular flexibility index (Phi) is 8.05. The van der Waals surface area contributed by atoms with Crippen molar-refractivity contribution in [1.82, 2.24) is 0 Å². The molecule has 0 unspecified atom stereocenters. The van der Waals surface area contributed by atoms with Crippen molar-refractivity contribution in [3.8, 4) is 0 Å². The summed E-state index contributed by atoms with van der Waals surface area (Å²) >= 11 is 0. The van der Waals surface area contributed by atoms with Gasteiger partial charge in [0, 0.05) is 13.2 Å². The van der Waals surface area contributed by atoms with Crippen molar-refractivity contribution < 1.29 is 57.5 Å². The zero-order chi connectivity index (χ0) is 4.95. The van der Waals surface area contributed by atoms with Crippen LogP contribution in [0.5, 0.6) is 0 Å². The molecule has 1 aliphatic rings. The van der Waals surface area contributed by atoms with Crippen LogP contribution in [0.25, 0.3) is 0 Å². The van der Waals surface area contributed by atoms with Crippen LogP contribution in [0.2, 0.25) is 0 Å². The molecule has 0 N–H and O–H groups in total. The molecule has 2 heteroatoms. The molecule has 1 aliphatic heterocycles. The predicted octanol–water partition coefficient (Wildman–Crippen LogP) is -1.31. The van der Waals surface area contributed by atoms with E-state index in [2.05, 4.69) is 0 Å². The molecule has 0 aromatic carbocycles. The van der Waals surface area contributed by atoms with Gasteiger partial charge < -0.3 is 6.16 Å². The van der Waals surface area contributed by atoms with Gasteiger partial charge in [0.05, 0.1) is 0 Å². The Labute approximate surface area is 95.1 Å². The SMILES string of the molecule is C1CCCOCC1.[H-].[K+]. The Balaban J connectivity index is 0. The van der Waals surface area contributed by atoms with Gasteiger partial charge in [-0.25, -0.2) is 0 Å². The van der Waals surface area contributed by atoms with E-state index in [1.807, 2.05) is 0 Å². The van der Waals surface area contributed by atoms with Crippen LogP contribution < -0.4 is 51.4 Å². The van der Waals surface area contributed by atoms with E-state index < -0.39 is 0 Å². The monoisotopic (exact) mass is 140 g/mol. The van der Waals surface area contributed by atoms with Crippen LogP contribution in [0.1, 0.15) is 27.1 Å². The first-order valence-electron chi connectivity index (χ1n) is 3.08. The molecule has 0 aromatic rings. The fraction of sp³-hybridized carbons (Fsp3) is 1.00. The van der Waals surface area contributed by atoms with E-state index in [4.69, 9.17) is 4.74 Å². The van der Waals surface area contributed by atoms with Gasteiger partial charge in [0.15, 0.2) is 0 Å². The quantitative estimate of drug-likeness (QED) is 0.380. The Hall–Kier alpha value is 1.60. The van der Waals surface area contributed by atoms with Gasteiger partial charge in [0.1, 0.15) is 0 Å². The van der Waals surface area contributed by atoms with Crippen molar-refractivity contribution in [2.75, 3.05) is 13.2 Å². The summed E-state index contributed by atoms with van der Waals surface area (Å²) in [5.74, 6) is 0. The van der Waals surface area contributed by atoms with Crippen molar-refractivity contribution in [1.29, 1.82) is 0 Å². The Bertz CT molecular complexity index is 32.7. The van der Waals surface area contributed by atoms with Gasteiger partial charge in [-0.1, -0.05) is 12.8 Å². The minimum absolute atomic E-state index is 0. The minimum atomic E-state index is 0. The van der Waals surface area contributed by atoms with Crippen molar-refractivity contribution in [2.45, 2.75) is 25.7 Å². The van der Waals surface area contributed by atoms with Crippen LogP contribution in [0, 0.1) is 0 Å². The summed E-state index contributed by atoms with van der Waals surface area (Å²) in [6.45, 7) is 2.00. The van der Waals surface area contributed by atoms with Crippen LogP contribution in [0.15, 0.2) is 0 Å². The fourth-order valence-corrected chi connectivity index (χ4v) is 0.864. The predicted molar refractivity (Wildman–Crippen MR) is 30.4 cm³/mol. The molecule has 0 aromatic heterocycles. The third-order valence-electron chi connectivity index (χ3n) is 1.33. The summed E-state index contributed by atoms with van der Waals surface area (Å²) in [7, 11) is 0. The minimum Gasteiger partial charge on any atom is -1.00 e. The van der Waals surface area contributed by atoms with Crippen molar-refractivity contribution in [3.05, 3.63) is 0 Å². The molecule has 1 nitrogen and oxygen atoms in total. The zero-order valence-electron chi connectivity index (χ0n) is 6.65. The Morgan fingerprint density at radius 1 is 0.875 bits per heavy atom. The van der Waals surface area contributed by atoms with Gasteiger partial charge in [-0.2, -0.15) is 0 Å². The van der Waals surface area contributed by atoms with Gasteiger partial charge in [-0.3, -0.25) is 0 Å². The normalized spacial score (nSPS) is 21.0. The second-order valence-corrected chi connectivity index (χ2v) is 2.03. The maximum Gasteiger partial charge on any atom is 1.00 e. The van der Waals surface area contributed by atoms with Crippen LogP contribution in [0.4, 0.5) is 0 Å². The number of rotatable bonds is 0. The third kappa shape index (κ3) is 4.47. The second kappa shape index (κ2) is 6.71. The average molecular weight is 140 g/mol. The smallest absolute Gasteiger partial charge is 1.00 e. The van der Waals surface area contributed by atoms with Gasteiger partial charge >= 0.3 is 51.4 Å². The summed E-state index contributed by atoms with van der Waals surface area (Å²) in [6.07, 6.45) is 5.31. The van der Waals surface area contributed by atoms with E-state index in [-0.39, 0.29) is 52.8 Å². The molecule has 1 rings (SSSR count). The molecule has 1 fully saturated rings. The van der Waals surface area contributed by atoms with E-state index in [9.17, 15) is 0 Å². The van der Waals surface area contributed by atoms with E-state index >= 15 is 0 Å². The topological polar surface area (TPSA) is 9.23 Å². The number of hydrogen-bond acceptors (Lipinski definition) is 1. The first-order chi connectivity index (χ1) is 3.50.